The van der Waals surface area contributed by atoms with E-state index in [-0.39, 0.29) is 25.2 Å². The third kappa shape index (κ3) is 4.90. The first-order chi connectivity index (χ1) is 15.7. The van der Waals surface area contributed by atoms with Crippen molar-refractivity contribution in [1.82, 2.24) is 16.0 Å². The van der Waals surface area contributed by atoms with Crippen LogP contribution in [-0.2, 0) is 9.53 Å². The number of benzene rings is 2. The SMILES string of the molecule is CCOC(=O)C1=C(CNC(c2ccccc2)c2ccccc2)NC(=O)NC1c1cccs1. The second-order valence-electron chi connectivity index (χ2n) is 7.29. The predicted octanol–water partition coefficient (Wildman–Crippen LogP) is 4.30. The molecule has 7 heteroatoms. The molecule has 6 nitrogen and oxygen atoms in total. The van der Waals surface area contributed by atoms with Gasteiger partial charge < -0.3 is 20.7 Å². The Morgan fingerprint density at radius 3 is 2.25 bits per heavy atom. The largest absolute Gasteiger partial charge is 0.463 e. The third-order valence-electron chi connectivity index (χ3n) is 5.23. The van der Waals surface area contributed by atoms with Crippen LogP contribution in [0.5, 0.6) is 0 Å². The maximum absolute atomic E-state index is 12.9. The Morgan fingerprint density at radius 2 is 1.69 bits per heavy atom. The van der Waals surface area contributed by atoms with Gasteiger partial charge in [-0.25, -0.2) is 9.59 Å². The van der Waals surface area contributed by atoms with Crippen LogP contribution in [-0.4, -0.2) is 25.2 Å². The van der Waals surface area contributed by atoms with Crippen molar-refractivity contribution in [2.75, 3.05) is 13.2 Å². The molecule has 0 bridgehead atoms. The van der Waals surface area contributed by atoms with Gasteiger partial charge in [0.05, 0.1) is 24.3 Å². The van der Waals surface area contributed by atoms with Crippen molar-refractivity contribution < 1.29 is 14.3 Å². The van der Waals surface area contributed by atoms with Crippen LogP contribution >= 0.6 is 11.3 Å². The molecule has 1 aromatic heterocycles. The molecule has 1 atom stereocenters. The van der Waals surface area contributed by atoms with Crippen LogP contribution in [0.3, 0.4) is 0 Å². The Bertz CT molecular complexity index is 1040. The molecule has 32 heavy (non-hydrogen) atoms. The van der Waals surface area contributed by atoms with Crippen molar-refractivity contribution in [3.05, 3.63) is 105 Å². The fourth-order valence-corrected chi connectivity index (χ4v) is 4.58. The van der Waals surface area contributed by atoms with E-state index in [1.165, 1.54) is 11.3 Å². The van der Waals surface area contributed by atoms with E-state index in [4.69, 9.17) is 4.74 Å². The number of amides is 2. The van der Waals surface area contributed by atoms with Crippen LogP contribution in [0, 0.1) is 0 Å². The summed E-state index contributed by atoms with van der Waals surface area (Å²) < 4.78 is 5.34. The van der Waals surface area contributed by atoms with Crippen molar-refractivity contribution in [3.63, 3.8) is 0 Å². The van der Waals surface area contributed by atoms with Gasteiger partial charge in [0.2, 0.25) is 0 Å². The number of urea groups is 1. The number of esters is 1. The van der Waals surface area contributed by atoms with Gasteiger partial charge in [-0.3, -0.25) is 0 Å². The lowest BCUT2D eigenvalue weighted by Crippen LogP contribution is -2.48. The van der Waals surface area contributed by atoms with Crippen molar-refractivity contribution in [2.45, 2.75) is 19.0 Å². The summed E-state index contributed by atoms with van der Waals surface area (Å²) in [5.74, 6) is -0.439. The Labute approximate surface area is 191 Å². The first-order valence-corrected chi connectivity index (χ1v) is 11.4. The summed E-state index contributed by atoms with van der Waals surface area (Å²) in [6, 6.07) is 23.0. The monoisotopic (exact) mass is 447 g/mol. The second kappa shape index (κ2) is 10.3. The topological polar surface area (TPSA) is 79.5 Å². The minimum Gasteiger partial charge on any atom is -0.463 e. The van der Waals surface area contributed by atoms with Crippen LogP contribution in [0.15, 0.2) is 89.4 Å². The van der Waals surface area contributed by atoms with Crippen molar-refractivity contribution >= 4 is 23.3 Å². The van der Waals surface area contributed by atoms with Gasteiger partial charge in [-0.05, 0) is 29.5 Å². The van der Waals surface area contributed by atoms with Crippen LogP contribution in [0.2, 0.25) is 0 Å². The quantitative estimate of drug-likeness (QED) is 0.450. The Hall–Kier alpha value is -3.42. The maximum Gasteiger partial charge on any atom is 0.338 e. The van der Waals surface area contributed by atoms with Crippen LogP contribution in [0.4, 0.5) is 4.79 Å². The number of carbonyl (C=O) groups is 2. The third-order valence-corrected chi connectivity index (χ3v) is 6.16. The van der Waals surface area contributed by atoms with Crippen molar-refractivity contribution in [3.8, 4) is 0 Å². The Kier molecular flexibility index (Phi) is 6.99. The molecule has 0 fully saturated rings. The van der Waals surface area contributed by atoms with E-state index in [9.17, 15) is 9.59 Å². The summed E-state index contributed by atoms with van der Waals surface area (Å²) in [6.07, 6.45) is 0. The fourth-order valence-electron chi connectivity index (χ4n) is 3.80. The molecule has 2 amide bonds. The van der Waals surface area contributed by atoms with Crippen LogP contribution < -0.4 is 16.0 Å². The molecule has 0 saturated carbocycles. The Balaban J connectivity index is 1.69. The summed E-state index contributed by atoms with van der Waals surface area (Å²) >= 11 is 1.49. The van der Waals surface area contributed by atoms with Crippen molar-refractivity contribution in [1.29, 1.82) is 0 Å². The fraction of sp³-hybridized carbons (Fsp3) is 0.200. The van der Waals surface area contributed by atoms with Gasteiger partial charge in [-0.2, -0.15) is 0 Å². The van der Waals surface area contributed by atoms with Crippen LogP contribution in [0.25, 0.3) is 0 Å². The number of ether oxygens (including phenoxy) is 1. The zero-order chi connectivity index (χ0) is 22.3. The highest BCUT2D eigenvalue weighted by atomic mass is 32.1. The van der Waals surface area contributed by atoms with E-state index in [1.54, 1.807) is 6.92 Å². The number of hydrogen-bond acceptors (Lipinski definition) is 5. The van der Waals surface area contributed by atoms with E-state index in [2.05, 4.69) is 40.2 Å². The summed E-state index contributed by atoms with van der Waals surface area (Å²) in [5.41, 5.74) is 3.11. The molecule has 1 aliphatic rings. The first kappa shape index (κ1) is 21.8. The summed E-state index contributed by atoms with van der Waals surface area (Å²) in [5, 5.41) is 11.1. The van der Waals surface area contributed by atoms with Gasteiger partial charge in [-0.1, -0.05) is 66.7 Å². The van der Waals surface area contributed by atoms with Gasteiger partial charge in [0.25, 0.3) is 0 Å². The van der Waals surface area contributed by atoms with Crippen molar-refractivity contribution in [2.24, 2.45) is 0 Å². The first-order valence-electron chi connectivity index (χ1n) is 10.5. The average molecular weight is 448 g/mol. The van der Waals surface area contributed by atoms with Gasteiger partial charge in [0.15, 0.2) is 0 Å². The molecule has 0 aliphatic carbocycles. The number of thiophene rings is 1. The summed E-state index contributed by atoms with van der Waals surface area (Å²) in [7, 11) is 0. The van der Waals surface area contributed by atoms with Crippen LogP contribution in [0.1, 0.15) is 35.0 Å². The highest BCUT2D eigenvalue weighted by molar-refractivity contribution is 7.10. The lowest BCUT2D eigenvalue weighted by atomic mass is 9.97. The standard InChI is InChI=1S/C25H25N3O3S/c1-2-31-24(29)21-19(27-25(30)28-23(21)20-14-9-15-32-20)16-26-22(17-10-5-3-6-11-17)18-12-7-4-8-13-18/h3-15,22-23,26H,2,16H2,1H3,(H2,27,28,30). The number of hydrogen-bond donors (Lipinski definition) is 3. The smallest absolute Gasteiger partial charge is 0.338 e. The molecule has 3 aromatic rings. The zero-order valence-corrected chi connectivity index (χ0v) is 18.5. The lowest BCUT2D eigenvalue weighted by Gasteiger charge is -2.30. The summed E-state index contributed by atoms with van der Waals surface area (Å²) in [4.78, 5) is 26.2. The molecule has 2 aromatic carbocycles. The zero-order valence-electron chi connectivity index (χ0n) is 17.7. The lowest BCUT2D eigenvalue weighted by molar-refractivity contribution is -0.139. The molecular formula is C25H25N3O3S. The highest BCUT2D eigenvalue weighted by Crippen LogP contribution is 2.31. The molecular weight excluding hydrogens is 422 g/mol. The van der Waals surface area contributed by atoms with Gasteiger partial charge in [0.1, 0.15) is 0 Å². The molecule has 164 valence electrons. The molecule has 2 heterocycles. The van der Waals surface area contributed by atoms with Gasteiger partial charge in [-0.15, -0.1) is 11.3 Å². The van der Waals surface area contributed by atoms with Gasteiger partial charge in [0, 0.05) is 17.1 Å². The molecule has 0 saturated heterocycles. The van der Waals surface area contributed by atoms with E-state index in [1.807, 2.05) is 53.9 Å². The molecule has 1 aliphatic heterocycles. The van der Waals surface area contributed by atoms with E-state index in [0.29, 0.717) is 11.3 Å². The molecule has 1 unspecified atom stereocenters. The Morgan fingerprint density at radius 1 is 1.03 bits per heavy atom. The maximum atomic E-state index is 12.9. The number of rotatable bonds is 8. The van der Waals surface area contributed by atoms with E-state index < -0.39 is 12.0 Å². The second-order valence-corrected chi connectivity index (χ2v) is 8.27. The highest BCUT2D eigenvalue weighted by Gasteiger charge is 2.34. The normalized spacial score (nSPS) is 15.9. The minimum atomic E-state index is -0.550. The van der Waals surface area contributed by atoms with E-state index in [0.717, 1.165) is 16.0 Å². The van der Waals surface area contributed by atoms with E-state index >= 15 is 0 Å². The molecule has 0 radical (unpaired) electrons. The minimum absolute atomic E-state index is 0.111. The number of carbonyl (C=O) groups excluding carboxylic acids is 2. The predicted molar refractivity (Wildman–Crippen MR) is 125 cm³/mol. The molecule has 4 rings (SSSR count). The molecule has 3 N–H and O–H groups in total. The van der Waals surface area contributed by atoms with Gasteiger partial charge >= 0.3 is 12.0 Å². The number of nitrogens with one attached hydrogen (secondary N) is 3. The summed E-state index contributed by atoms with van der Waals surface area (Å²) in [6.45, 7) is 2.31. The average Bonchev–Trinajstić information content (AvgIpc) is 3.35. The molecule has 0 spiro atoms.